The number of Topliss-reactive ketones (excluding diaryl/α,β-unsaturated/α-hetero) is 1. The standard InChI is InChI=1S/C10H7F5O2/c1-17-6-4-2-3-5(7(6)11)8(16)10(14,15)9(12)13/h2-4,9H,1H3. The average Bonchev–Trinajstić information content (AvgIpc) is 2.28. The molecule has 2 nitrogen and oxygen atoms in total. The first-order valence-corrected chi connectivity index (χ1v) is 4.35. The van der Waals surface area contributed by atoms with Crippen molar-refractivity contribution >= 4 is 5.78 Å². The molecule has 0 aliphatic rings. The Kier molecular flexibility index (Phi) is 3.69. The maximum Gasteiger partial charge on any atom is 0.368 e. The quantitative estimate of drug-likeness (QED) is 0.610. The van der Waals surface area contributed by atoms with Gasteiger partial charge in [-0.2, -0.15) is 8.78 Å². The number of hydrogen-bond donors (Lipinski definition) is 0. The van der Waals surface area contributed by atoms with Crippen molar-refractivity contribution in [3.63, 3.8) is 0 Å². The molecule has 7 heteroatoms. The van der Waals surface area contributed by atoms with Gasteiger partial charge in [-0.1, -0.05) is 6.07 Å². The van der Waals surface area contributed by atoms with Crippen molar-refractivity contribution in [3.8, 4) is 5.75 Å². The summed E-state index contributed by atoms with van der Waals surface area (Å²) in [5.41, 5.74) is -1.13. The lowest BCUT2D eigenvalue weighted by Crippen LogP contribution is -2.37. The van der Waals surface area contributed by atoms with E-state index in [-0.39, 0.29) is 0 Å². The zero-order chi connectivity index (χ0) is 13.2. The molecule has 1 aromatic carbocycles. The van der Waals surface area contributed by atoms with Crippen LogP contribution in [0.4, 0.5) is 22.0 Å². The summed E-state index contributed by atoms with van der Waals surface area (Å²) >= 11 is 0. The predicted octanol–water partition coefficient (Wildman–Crippen LogP) is 2.92. The fourth-order valence-corrected chi connectivity index (χ4v) is 1.12. The maximum atomic E-state index is 13.4. The lowest BCUT2D eigenvalue weighted by Gasteiger charge is -2.14. The molecular formula is C10H7F5O2. The minimum atomic E-state index is -4.92. The summed E-state index contributed by atoms with van der Waals surface area (Å²) in [6.07, 6.45) is -4.19. The van der Waals surface area contributed by atoms with Crippen LogP contribution in [0.5, 0.6) is 5.75 Å². The van der Waals surface area contributed by atoms with Crippen molar-refractivity contribution in [1.29, 1.82) is 0 Å². The van der Waals surface area contributed by atoms with Gasteiger partial charge in [-0.25, -0.2) is 13.2 Å². The van der Waals surface area contributed by atoms with Gasteiger partial charge in [0.15, 0.2) is 11.6 Å². The molecule has 1 aromatic rings. The van der Waals surface area contributed by atoms with Gasteiger partial charge in [-0.15, -0.1) is 0 Å². The van der Waals surface area contributed by atoms with Gasteiger partial charge in [0.1, 0.15) is 0 Å². The van der Waals surface area contributed by atoms with Crippen LogP contribution in [0.2, 0.25) is 0 Å². The number of ketones is 1. The highest BCUT2D eigenvalue weighted by Gasteiger charge is 2.50. The van der Waals surface area contributed by atoms with Gasteiger partial charge in [0, 0.05) is 0 Å². The van der Waals surface area contributed by atoms with Gasteiger partial charge in [0.2, 0.25) is 5.78 Å². The first-order chi connectivity index (χ1) is 7.82. The lowest BCUT2D eigenvalue weighted by atomic mass is 10.0. The molecular weight excluding hydrogens is 247 g/mol. The zero-order valence-electron chi connectivity index (χ0n) is 8.52. The highest BCUT2D eigenvalue weighted by molar-refractivity contribution is 6.02. The highest BCUT2D eigenvalue weighted by Crippen LogP contribution is 2.30. The number of methoxy groups -OCH3 is 1. The summed E-state index contributed by atoms with van der Waals surface area (Å²) in [7, 11) is 1.05. The minimum absolute atomic E-state index is 0.471. The van der Waals surface area contributed by atoms with E-state index >= 15 is 0 Å². The van der Waals surface area contributed by atoms with Crippen molar-refractivity contribution in [2.24, 2.45) is 0 Å². The van der Waals surface area contributed by atoms with Gasteiger partial charge in [0.25, 0.3) is 0 Å². The van der Waals surface area contributed by atoms with E-state index in [4.69, 9.17) is 0 Å². The zero-order valence-corrected chi connectivity index (χ0v) is 8.52. The summed E-state index contributed by atoms with van der Waals surface area (Å²) < 4.78 is 67.2. The van der Waals surface area contributed by atoms with E-state index in [2.05, 4.69) is 4.74 Å². The van der Waals surface area contributed by atoms with Crippen molar-refractivity contribution in [2.75, 3.05) is 7.11 Å². The van der Waals surface area contributed by atoms with Crippen LogP contribution in [0, 0.1) is 5.82 Å². The first-order valence-electron chi connectivity index (χ1n) is 4.35. The predicted molar refractivity (Wildman–Crippen MR) is 48.2 cm³/mol. The molecule has 94 valence electrons. The fraction of sp³-hybridized carbons (Fsp3) is 0.300. The minimum Gasteiger partial charge on any atom is -0.494 e. The normalized spacial score (nSPS) is 11.7. The third-order valence-electron chi connectivity index (χ3n) is 2.00. The van der Waals surface area contributed by atoms with Crippen molar-refractivity contribution < 1.29 is 31.5 Å². The Morgan fingerprint density at radius 1 is 1.35 bits per heavy atom. The second-order valence-electron chi connectivity index (χ2n) is 3.07. The molecule has 0 N–H and O–H groups in total. The number of halogens is 5. The Balaban J connectivity index is 3.22. The summed E-state index contributed by atoms with van der Waals surface area (Å²) in [5, 5.41) is 0. The molecule has 17 heavy (non-hydrogen) atoms. The summed E-state index contributed by atoms with van der Waals surface area (Å²) in [6, 6.07) is 2.82. The largest absolute Gasteiger partial charge is 0.494 e. The highest BCUT2D eigenvalue weighted by atomic mass is 19.3. The van der Waals surface area contributed by atoms with E-state index in [9.17, 15) is 26.7 Å². The van der Waals surface area contributed by atoms with Gasteiger partial charge >= 0.3 is 12.3 Å². The summed E-state index contributed by atoms with van der Waals surface area (Å²) in [6.45, 7) is 0. The molecule has 0 radical (unpaired) electrons. The van der Waals surface area contributed by atoms with E-state index in [1.165, 1.54) is 0 Å². The van der Waals surface area contributed by atoms with E-state index in [1.807, 2.05) is 0 Å². The molecule has 1 rings (SSSR count). The van der Waals surface area contributed by atoms with E-state index in [0.29, 0.717) is 6.07 Å². The van der Waals surface area contributed by atoms with Crippen molar-refractivity contribution in [3.05, 3.63) is 29.6 Å². The summed E-state index contributed by atoms with van der Waals surface area (Å²) in [4.78, 5) is 11.1. The number of hydrogen-bond acceptors (Lipinski definition) is 2. The fourth-order valence-electron chi connectivity index (χ4n) is 1.12. The molecule has 0 amide bonds. The first kappa shape index (κ1) is 13.4. The Morgan fingerprint density at radius 2 is 1.94 bits per heavy atom. The maximum absolute atomic E-state index is 13.4. The Bertz CT molecular complexity index is 431. The monoisotopic (exact) mass is 254 g/mol. The summed E-state index contributed by atoms with van der Waals surface area (Å²) in [5.74, 6) is -9.06. The van der Waals surface area contributed by atoms with Crippen LogP contribution in [0.15, 0.2) is 18.2 Å². The Labute approximate surface area is 93.0 Å². The Morgan fingerprint density at radius 3 is 2.41 bits per heavy atom. The Hall–Kier alpha value is -1.66. The molecule has 0 aromatic heterocycles. The molecule has 0 fully saturated rings. The number of ether oxygens (including phenoxy) is 1. The van der Waals surface area contributed by atoms with Crippen LogP contribution in [0.1, 0.15) is 10.4 Å². The molecule has 0 spiro atoms. The molecule has 0 aliphatic heterocycles. The third kappa shape index (κ3) is 2.37. The van der Waals surface area contributed by atoms with Gasteiger partial charge in [0.05, 0.1) is 12.7 Å². The van der Waals surface area contributed by atoms with Crippen LogP contribution < -0.4 is 4.74 Å². The van der Waals surface area contributed by atoms with Gasteiger partial charge in [-0.3, -0.25) is 4.79 Å². The third-order valence-corrected chi connectivity index (χ3v) is 2.00. The topological polar surface area (TPSA) is 26.3 Å². The second kappa shape index (κ2) is 4.68. The molecule has 0 saturated heterocycles. The molecule has 0 heterocycles. The van der Waals surface area contributed by atoms with Crippen molar-refractivity contribution in [2.45, 2.75) is 12.3 Å². The van der Waals surface area contributed by atoms with Crippen LogP contribution in [-0.4, -0.2) is 25.2 Å². The van der Waals surface area contributed by atoms with Crippen LogP contribution in [0.25, 0.3) is 0 Å². The number of rotatable bonds is 4. The van der Waals surface area contributed by atoms with E-state index in [1.54, 1.807) is 0 Å². The van der Waals surface area contributed by atoms with E-state index in [0.717, 1.165) is 19.2 Å². The van der Waals surface area contributed by atoms with Gasteiger partial charge in [-0.05, 0) is 12.1 Å². The van der Waals surface area contributed by atoms with Crippen LogP contribution in [0.3, 0.4) is 0 Å². The van der Waals surface area contributed by atoms with E-state index < -0.39 is 35.3 Å². The lowest BCUT2D eigenvalue weighted by molar-refractivity contribution is -0.0959. The molecule has 0 atom stereocenters. The SMILES string of the molecule is COc1cccc(C(=O)C(F)(F)C(F)F)c1F. The molecule has 0 saturated carbocycles. The number of carbonyl (C=O) groups excluding carboxylic acids is 1. The van der Waals surface area contributed by atoms with Crippen LogP contribution >= 0.6 is 0 Å². The number of alkyl halides is 4. The second-order valence-corrected chi connectivity index (χ2v) is 3.07. The average molecular weight is 254 g/mol. The molecule has 0 aliphatic carbocycles. The number of benzene rings is 1. The smallest absolute Gasteiger partial charge is 0.368 e. The number of carbonyl (C=O) groups is 1. The molecule has 0 unspecified atom stereocenters. The molecule has 0 bridgehead atoms. The van der Waals surface area contributed by atoms with Gasteiger partial charge < -0.3 is 4.74 Å². The van der Waals surface area contributed by atoms with Crippen molar-refractivity contribution in [1.82, 2.24) is 0 Å². The van der Waals surface area contributed by atoms with Crippen LogP contribution in [-0.2, 0) is 0 Å².